The summed E-state index contributed by atoms with van der Waals surface area (Å²) in [6.45, 7) is 4.59. The van der Waals surface area contributed by atoms with Gasteiger partial charge in [0, 0.05) is 13.6 Å². The third-order valence-electron chi connectivity index (χ3n) is 2.19. The topological polar surface area (TPSA) is 84.1 Å². The van der Waals surface area contributed by atoms with E-state index in [-0.39, 0.29) is 24.2 Å². The normalized spacial score (nSPS) is 10.5. The van der Waals surface area contributed by atoms with Crippen LogP contribution in [0.4, 0.5) is 16.2 Å². The van der Waals surface area contributed by atoms with Crippen LogP contribution in [0.1, 0.15) is 13.8 Å². The number of carbonyl (C=O) groups is 1. The second-order valence-corrected chi connectivity index (χ2v) is 4.45. The molecule has 0 aliphatic heterocycles. The van der Waals surface area contributed by atoms with Crippen molar-refractivity contribution in [1.82, 2.24) is 15.3 Å². The fourth-order valence-corrected chi connectivity index (χ4v) is 1.30. The average molecular weight is 255 g/mol. The molecule has 0 aliphatic carbocycles. The fraction of sp³-hybridized carbons (Fsp3) is 0.545. The summed E-state index contributed by atoms with van der Waals surface area (Å²) >= 11 is 0. The third-order valence-corrected chi connectivity index (χ3v) is 2.19. The first-order valence-corrected chi connectivity index (χ1v) is 5.66. The molecule has 0 spiro atoms. The minimum absolute atomic E-state index is 0.0140. The number of nitrogen functional groups attached to an aromatic ring is 1. The number of hydrogen-bond donors (Lipinski definition) is 2. The van der Waals surface area contributed by atoms with E-state index in [0.29, 0.717) is 12.5 Å². The van der Waals surface area contributed by atoms with Crippen LogP contribution in [0, 0.1) is 11.7 Å². The SMILES string of the molecule is CC(C)CNC(=O)CN(C)c1nc(N)ncc1F. The molecular weight excluding hydrogens is 237 g/mol. The molecule has 0 saturated carbocycles. The van der Waals surface area contributed by atoms with E-state index in [4.69, 9.17) is 5.73 Å². The minimum Gasteiger partial charge on any atom is -0.368 e. The van der Waals surface area contributed by atoms with Crippen LogP contribution < -0.4 is 16.0 Å². The number of anilines is 2. The van der Waals surface area contributed by atoms with Crippen molar-refractivity contribution in [3.8, 4) is 0 Å². The maximum absolute atomic E-state index is 13.4. The van der Waals surface area contributed by atoms with Gasteiger partial charge in [-0.15, -0.1) is 0 Å². The highest BCUT2D eigenvalue weighted by Crippen LogP contribution is 2.14. The molecule has 0 atom stereocenters. The molecule has 0 bridgehead atoms. The Morgan fingerprint density at radius 3 is 2.89 bits per heavy atom. The number of nitrogens with two attached hydrogens (primary N) is 1. The fourth-order valence-electron chi connectivity index (χ4n) is 1.30. The predicted octanol–water partition coefficient (Wildman–Crippen LogP) is 0.406. The monoisotopic (exact) mass is 255 g/mol. The van der Waals surface area contributed by atoms with Gasteiger partial charge in [0.2, 0.25) is 11.9 Å². The van der Waals surface area contributed by atoms with E-state index in [2.05, 4.69) is 15.3 Å². The summed E-state index contributed by atoms with van der Waals surface area (Å²) in [6, 6.07) is 0. The molecule has 7 heteroatoms. The lowest BCUT2D eigenvalue weighted by atomic mass is 10.2. The Bertz CT molecular complexity index is 424. The van der Waals surface area contributed by atoms with E-state index in [9.17, 15) is 9.18 Å². The Balaban J connectivity index is 2.62. The van der Waals surface area contributed by atoms with Crippen molar-refractivity contribution in [1.29, 1.82) is 0 Å². The zero-order chi connectivity index (χ0) is 13.7. The van der Waals surface area contributed by atoms with E-state index in [1.54, 1.807) is 7.05 Å². The van der Waals surface area contributed by atoms with Gasteiger partial charge >= 0.3 is 0 Å². The van der Waals surface area contributed by atoms with Gasteiger partial charge in [-0.05, 0) is 5.92 Å². The van der Waals surface area contributed by atoms with Gasteiger partial charge in [0.1, 0.15) is 0 Å². The molecule has 0 radical (unpaired) electrons. The van der Waals surface area contributed by atoms with Gasteiger partial charge in [-0.3, -0.25) is 4.79 Å². The second kappa shape index (κ2) is 6.13. The predicted molar refractivity (Wildman–Crippen MR) is 67.5 cm³/mol. The molecule has 0 aliphatic rings. The Hall–Kier alpha value is -1.92. The third kappa shape index (κ3) is 4.15. The van der Waals surface area contributed by atoms with E-state index in [1.807, 2.05) is 13.8 Å². The summed E-state index contributed by atoms with van der Waals surface area (Å²) in [6.07, 6.45) is 0.986. The number of nitrogens with zero attached hydrogens (tertiary/aromatic N) is 3. The van der Waals surface area contributed by atoms with Crippen LogP contribution in [-0.2, 0) is 4.79 Å². The Labute approximate surface area is 105 Å². The highest BCUT2D eigenvalue weighted by molar-refractivity contribution is 5.80. The lowest BCUT2D eigenvalue weighted by Gasteiger charge is -2.18. The van der Waals surface area contributed by atoms with E-state index >= 15 is 0 Å². The first kappa shape index (κ1) is 14.1. The summed E-state index contributed by atoms with van der Waals surface area (Å²) in [7, 11) is 1.57. The van der Waals surface area contributed by atoms with Crippen molar-refractivity contribution in [2.24, 2.45) is 5.92 Å². The summed E-state index contributed by atoms with van der Waals surface area (Å²) < 4.78 is 13.4. The van der Waals surface area contributed by atoms with Crippen molar-refractivity contribution >= 4 is 17.7 Å². The number of amides is 1. The maximum Gasteiger partial charge on any atom is 0.239 e. The summed E-state index contributed by atoms with van der Waals surface area (Å²) in [5, 5.41) is 2.74. The molecule has 1 rings (SSSR count). The summed E-state index contributed by atoms with van der Waals surface area (Å²) in [5.74, 6) is -0.445. The van der Waals surface area contributed by atoms with Crippen molar-refractivity contribution < 1.29 is 9.18 Å². The van der Waals surface area contributed by atoms with Crippen LogP contribution in [0.5, 0.6) is 0 Å². The van der Waals surface area contributed by atoms with Gasteiger partial charge < -0.3 is 16.0 Å². The number of carbonyl (C=O) groups excluding carboxylic acids is 1. The zero-order valence-corrected chi connectivity index (χ0v) is 10.8. The Morgan fingerprint density at radius 2 is 2.28 bits per heavy atom. The number of aromatic nitrogens is 2. The lowest BCUT2D eigenvalue weighted by molar-refractivity contribution is -0.119. The molecule has 1 amide bonds. The molecule has 0 fully saturated rings. The highest BCUT2D eigenvalue weighted by Gasteiger charge is 2.13. The summed E-state index contributed by atoms with van der Waals surface area (Å²) in [5.41, 5.74) is 5.38. The van der Waals surface area contributed by atoms with E-state index in [1.165, 1.54) is 4.90 Å². The molecule has 18 heavy (non-hydrogen) atoms. The average Bonchev–Trinajstić information content (AvgIpc) is 2.29. The largest absolute Gasteiger partial charge is 0.368 e. The van der Waals surface area contributed by atoms with Crippen molar-refractivity contribution in [2.45, 2.75) is 13.8 Å². The van der Waals surface area contributed by atoms with E-state index in [0.717, 1.165) is 6.20 Å². The summed E-state index contributed by atoms with van der Waals surface area (Å²) in [4.78, 5) is 20.3. The van der Waals surface area contributed by atoms with Crippen LogP contribution in [-0.4, -0.2) is 36.0 Å². The molecule has 6 nitrogen and oxygen atoms in total. The maximum atomic E-state index is 13.4. The van der Waals surface area contributed by atoms with Crippen LogP contribution in [0.25, 0.3) is 0 Å². The van der Waals surface area contributed by atoms with Crippen LogP contribution >= 0.6 is 0 Å². The molecule has 1 aromatic rings. The van der Waals surface area contributed by atoms with Crippen LogP contribution in [0.3, 0.4) is 0 Å². The first-order valence-electron chi connectivity index (χ1n) is 5.66. The number of rotatable bonds is 5. The molecule has 3 N–H and O–H groups in total. The van der Waals surface area contributed by atoms with Gasteiger partial charge in [0.25, 0.3) is 0 Å². The van der Waals surface area contributed by atoms with Crippen molar-refractivity contribution in [3.63, 3.8) is 0 Å². The highest BCUT2D eigenvalue weighted by atomic mass is 19.1. The number of halogens is 1. The van der Waals surface area contributed by atoms with Gasteiger partial charge in [0.05, 0.1) is 12.7 Å². The van der Waals surface area contributed by atoms with Gasteiger partial charge in [-0.1, -0.05) is 13.8 Å². The molecule has 0 aromatic carbocycles. The quantitative estimate of drug-likeness (QED) is 0.796. The van der Waals surface area contributed by atoms with Crippen LogP contribution in [0.2, 0.25) is 0 Å². The zero-order valence-electron chi connectivity index (χ0n) is 10.8. The van der Waals surface area contributed by atoms with Crippen molar-refractivity contribution in [2.75, 3.05) is 30.8 Å². The molecule has 100 valence electrons. The smallest absolute Gasteiger partial charge is 0.239 e. The van der Waals surface area contributed by atoms with Crippen molar-refractivity contribution in [3.05, 3.63) is 12.0 Å². The number of nitrogens with one attached hydrogen (secondary N) is 1. The Kier molecular flexibility index (Phi) is 4.82. The van der Waals surface area contributed by atoms with Gasteiger partial charge in [-0.2, -0.15) is 4.98 Å². The molecule has 1 heterocycles. The van der Waals surface area contributed by atoms with E-state index < -0.39 is 5.82 Å². The lowest BCUT2D eigenvalue weighted by Crippen LogP contribution is -2.37. The molecule has 0 unspecified atom stereocenters. The minimum atomic E-state index is -0.608. The second-order valence-electron chi connectivity index (χ2n) is 4.45. The van der Waals surface area contributed by atoms with Gasteiger partial charge in [0.15, 0.2) is 11.6 Å². The van der Waals surface area contributed by atoms with Gasteiger partial charge in [-0.25, -0.2) is 9.37 Å². The van der Waals surface area contributed by atoms with Crippen LogP contribution in [0.15, 0.2) is 6.20 Å². The first-order chi connectivity index (χ1) is 8.40. The molecular formula is C11H18FN5O. The number of hydrogen-bond acceptors (Lipinski definition) is 5. The Morgan fingerprint density at radius 1 is 1.61 bits per heavy atom. The molecule has 1 aromatic heterocycles. The molecule has 0 saturated heterocycles. The standard InChI is InChI=1S/C11H18FN5O/c1-7(2)4-14-9(18)6-17(3)10-8(12)5-15-11(13)16-10/h5,7H,4,6H2,1-3H3,(H,14,18)(H2,13,15,16). The number of likely N-dealkylation sites (N-methyl/N-ethyl adjacent to an activating group) is 1.